The molecule has 1 aromatic carbocycles. The highest BCUT2D eigenvalue weighted by atomic mass is 19.4. The lowest BCUT2D eigenvalue weighted by Crippen LogP contribution is -2.39. The molecule has 0 saturated carbocycles. The first-order chi connectivity index (χ1) is 16.3. The molecule has 3 aromatic rings. The van der Waals surface area contributed by atoms with Crippen LogP contribution in [0.3, 0.4) is 0 Å². The Morgan fingerprint density at radius 2 is 1.79 bits per heavy atom. The summed E-state index contributed by atoms with van der Waals surface area (Å²) >= 11 is 0. The van der Waals surface area contributed by atoms with Crippen LogP contribution in [-0.4, -0.2) is 41.9 Å². The number of pyridine rings is 1. The minimum Gasteiger partial charge on any atom is -0.431 e. The second kappa shape index (κ2) is 9.54. The number of benzene rings is 1. The van der Waals surface area contributed by atoms with E-state index in [2.05, 4.69) is 20.6 Å². The molecule has 2 aromatic heterocycles. The maximum atomic E-state index is 13.5. The second-order valence-corrected chi connectivity index (χ2v) is 7.80. The molecule has 2 amide bonds. The maximum Gasteiger partial charge on any atom is 0.452 e. The van der Waals surface area contributed by atoms with E-state index in [-0.39, 0.29) is 23.4 Å². The predicted molar refractivity (Wildman–Crippen MR) is 118 cm³/mol. The van der Waals surface area contributed by atoms with Gasteiger partial charge >= 0.3 is 6.18 Å². The van der Waals surface area contributed by atoms with Gasteiger partial charge in [0.2, 0.25) is 17.6 Å². The average Bonchev–Trinajstić information content (AvgIpc) is 3.31. The van der Waals surface area contributed by atoms with Crippen LogP contribution < -0.4 is 15.5 Å². The molecule has 0 atom stereocenters. The molecule has 1 saturated heterocycles. The number of alkyl halides is 3. The zero-order valence-corrected chi connectivity index (χ0v) is 18.2. The largest absolute Gasteiger partial charge is 0.452 e. The van der Waals surface area contributed by atoms with Crippen LogP contribution in [0.15, 0.2) is 53.1 Å². The van der Waals surface area contributed by atoms with Crippen molar-refractivity contribution >= 4 is 23.3 Å². The second-order valence-electron chi connectivity index (χ2n) is 7.80. The Morgan fingerprint density at radius 3 is 2.38 bits per heavy atom. The van der Waals surface area contributed by atoms with Crippen LogP contribution in [0, 0.1) is 5.92 Å². The Kier molecular flexibility index (Phi) is 6.53. The summed E-state index contributed by atoms with van der Waals surface area (Å²) in [6.45, 7) is 1.29. The molecule has 11 heteroatoms. The van der Waals surface area contributed by atoms with Crippen molar-refractivity contribution in [2.24, 2.45) is 5.92 Å². The number of halogens is 3. The Labute approximate surface area is 193 Å². The molecule has 34 heavy (non-hydrogen) atoms. The summed E-state index contributed by atoms with van der Waals surface area (Å²) in [5.41, 5.74) is -0.323. The van der Waals surface area contributed by atoms with E-state index in [0.29, 0.717) is 37.3 Å². The van der Waals surface area contributed by atoms with E-state index >= 15 is 0 Å². The topological polar surface area (TPSA) is 100 Å². The number of aromatic nitrogens is 2. The van der Waals surface area contributed by atoms with E-state index in [0.717, 1.165) is 0 Å². The molecule has 8 nitrogen and oxygen atoms in total. The van der Waals surface area contributed by atoms with Crippen LogP contribution in [0.1, 0.15) is 29.1 Å². The summed E-state index contributed by atoms with van der Waals surface area (Å²) in [7, 11) is 1.61. The van der Waals surface area contributed by atoms with Crippen molar-refractivity contribution in [2.45, 2.75) is 19.0 Å². The van der Waals surface area contributed by atoms with E-state index in [1.165, 1.54) is 18.3 Å². The highest BCUT2D eigenvalue weighted by Gasteiger charge is 2.42. The molecular formula is C23H22F3N5O3. The lowest BCUT2D eigenvalue weighted by Gasteiger charge is -2.32. The summed E-state index contributed by atoms with van der Waals surface area (Å²) in [6.07, 6.45) is -2.15. The summed E-state index contributed by atoms with van der Waals surface area (Å²) in [6, 6.07) is 11.2. The molecule has 178 valence electrons. The fourth-order valence-corrected chi connectivity index (χ4v) is 3.78. The molecule has 0 bridgehead atoms. The van der Waals surface area contributed by atoms with Gasteiger partial charge in [-0.25, -0.2) is 9.97 Å². The number of oxazole rings is 1. The van der Waals surface area contributed by atoms with Crippen molar-refractivity contribution in [2.75, 3.05) is 30.4 Å². The van der Waals surface area contributed by atoms with E-state index in [1.54, 1.807) is 37.4 Å². The van der Waals surface area contributed by atoms with Gasteiger partial charge in [0, 0.05) is 31.6 Å². The fourth-order valence-electron chi connectivity index (χ4n) is 3.78. The molecule has 4 rings (SSSR count). The van der Waals surface area contributed by atoms with Gasteiger partial charge in [0.15, 0.2) is 5.69 Å². The zero-order chi connectivity index (χ0) is 24.3. The van der Waals surface area contributed by atoms with Gasteiger partial charge in [0.25, 0.3) is 5.91 Å². The van der Waals surface area contributed by atoms with Crippen molar-refractivity contribution in [1.29, 1.82) is 0 Å². The lowest BCUT2D eigenvalue weighted by atomic mass is 9.96. The van der Waals surface area contributed by atoms with Crippen LogP contribution in [0.5, 0.6) is 0 Å². The number of hydrogen-bond donors (Lipinski definition) is 2. The first-order valence-corrected chi connectivity index (χ1v) is 10.6. The Balaban J connectivity index is 1.47. The first kappa shape index (κ1) is 23.3. The smallest absolute Gasteiger partial charge is 0.431 e. The fraction of sp³-hybridized carbons (Fsp3) is 0.304. The van der Waals surface area contributed by atoms with E-state index in [4.69, 9.17) is 4.42 Å². The molecule has 1 aliphatic heterocycles. The van der Waals surface area contributed by atoms with Crippen molar-refractivity contribution < 1.29 is 27.2 Å². The summed E-state index contributed by atoms with van der Waals surface area (Å²) in [4.78, 5) is 34.5. The number of anilines is 2. The number of hydrogen-bond acceptors (Lipinski definition) is 6. The highest BCUT2D eigenvalue weighted by Crippen LogP contribution is 2.35. The van der Waals surface area contributed by atoms with Gasteiger partial charge in [-0.15, -0.1) is 0 Å². The molecule has 0 spiro atoms. The van der Waals surface area contributed by atoms with Crippen molar-refractivity contribution in [1.82, 2.24) is 15.3 Å². The van der Waals surface area contributed by atoms with Crippen molar-refractivity contribution in [3.8, 4) is 11.5 Å². The average molecular weight is 473 g/mol. The minimum atomic E-state index is -4.89. The maximum absolute atomic E-state index is 13.5. The normalized spacial score (nSPS) is 14.6. The highest BCUT2D eigenvalue weighted by molar-refractivity contribution is 6.04. The number of amides is 2. The first-order valence-electron chi connectivity index (χ1n) is 10.6. The molecule has 0 radical (unpaired) electrons. The van der Waals surface area contributed by atoms with Gasteiger partial charge in [-0.3, -0.25) is 9.59 Å². The number of carbonyl (C=O) groups is 2. The minimum absolute atomic E-state index is 0.0205. The van der Waals surface area contributed by atoms with Crippen LogP contribution in [0.4, 0.5) is 24.7 Å². The molecule has 0 unspecified atom stereocenters. The Morgan fingerprint density at radius 1 is 1.09 bits per heavy atom. The third kappa shape index (κ3) is 5.03. The molecule has 3 heterocycles. The van der Waals surface area contributed by atoms with E-state index in [9.17, 15) is 22.8 Å². The number of carbonyl (C=O) groups excluding carboxylic acids is 2. The Bertz CT molecular complexity index is 1150. The summed E-state index contributed by atoms with van der Waals surface area (Å²) in [5.74, 6) is -2.19. The van der Waals surface area contributed by atoms with Gasteiger partial charge in [-0.2, -0.15) is 13.2 Å². The van der Waals surface area contributed by atoms with Crippen molar-refractivity contribution in [3.05, 3.63) is 60.1 Å². The molecule has 1 aliphatic rings. The Hall–Kier alpha value is -3.89. The third-order valence-electron chi connectivity index (χ3n) is 5.56. The molecule has 0 aliphatic carbocycles. The zero-order valence-electron chi connectivity index (χ0n) is 18.2. The number of nitrogens with zero attached hydrogens (tertiary/aromatic N) is 3. The van der Waals surface area contributed by atoms with Gasteiger partial charge in [0.1, 0.15) is 5.82 Å². The van der Waals surface area contributed by atoms with E-state index in [1.807, 2.05) is 4.90 Å². The number of piperidine rings is 1. The SMILES string of the molecule is CNC(=O)C1CCN(c2ccc(NC(=O)c3nc(-c4ccccc4)oc3C(F)(F)F)cn2)CC1. The molecule has 2 N–H and O–H groups in total. The van der Waals surface area contributed by atoms with Crippen LogP contribution in [-0.2, 0) is 11.0 Å². The third-order valence-corrected chi connectivity index (χ3v) is 5.56. The van der Waals surface area contributed by atoms with Crippen LogP contribution >= 0.6 is 0 Å². The summed E-state index contributed by atoms with van der Waals surface area (Å²) < 4.78 is 45.3. The van der Waals surface area contributed by atoms with E-state index < -0.39 is 23.5 Å². The van der Waals surface area contributed by atoms with Crippen molar-refractivity contribution in [3.63, 3.8) is 0 Å². The van der Waals surface area contributed by atoms with Gasteiger partial charge in [0.05, 0.1) is 11.9 Å². The molecular weight excluding hydrogens is 451 g/mol. The number of rotatable bonds is 5. The lowest BCUT2D eigenvalue weighted by molar-refractivity contribution is -0.153. The van der Waals surface area contributed by atoms with Gasteiger partial charge < -0.3 is 20.0 Å². The van der Waals surface area contributed by atoms with Gasteiger partial charge in [-0.1, -0.05) is 18.2 Å². The monoisotopic (exact) mass is 473 g/mol. The quantitative estimate of drug-likeness (QED) is 0.582. The standard InChI is InChI=1S/C23H22F3N5O3/c1-27-20(32)14-9-11-31(12-10-14)17-8-7-16(13-28-17)29-21(33)18-19(23(24,25)26)34-22(30-18)15-5-3-2-4-6-15/h2-8,13-14H,9-12H2,1H3,(H,27,32)(H,29,33). The predicted octanol–water partition coefficient (Wildman–Crippen LogP) is 3.97. The summed E-state index contributed by atoms with van der Waals surface area (Å²) in [5, 5.41) is 5.06. The van der Waals surface area contributed by atoms with Gasteiger partial charge in [-0.05, 0) is 37.1 Å². The molecule has 1 fully saturated rings. The van der Waals surface area contributed by atoms with Crippen LogP contribution in [0.2, 0.25) is 0 Å². The van der Waals surface area contributed by atoms with Crippen LogP contribution in [0.25, 0.3) is 11.5 Å². The number of nitrogens with one attached hydrogen (secondary N) is 2.